The largest absolute Gasteiger partial charge is 0.347 e. The van der Waals surface area contributed by atoms with Crippen molar-refractivity contribution in [3.63, 3.8) is 0 Å². The highest BCUT2D eigenvalue weighted by molar-refractivity contribution is 5.92. The third-order valence-corrected chi connectivity index (χ3v) is 5.80. The number of piperidine rings is 1. The van der Waals surface area contributed by atoms with Crippen molar-refractivity contribution in [3.05, 3.63) is 17.5 Å². The van der Waals surface area contributed by atoms with Gasteiger partial charge in [0, 0.05) is 25.7 Å². The van der Waals surface area contributed by atoms with Crippen LogP contribution in [0.5, 0.6) is 0 Å². The van der Waals surface area contributed by atoms with E-state index in [-0.39, 0.29) is 11.9 Å². The van der Waals surface area contributed by atoms with Gasteiger partial charge in [-0.05, 0) is 44.7 Å². The van der Waals surface area contributed by atoms with Crippen LogP contribution >= 0.6 is 0 Å². The highest BCUT2D eigenvalue weighted by Gasteiger charge is 2.28. The summed E-state index contributed by atoms with van der Waals surface area (Å²) >= 11 is 0. The number of carbonyl (C=O) groups is 1. The lowest BCUT2D eigenvalue weighted by molar-refractivity contribution is 0.0852. The lowest BCUT2D eigenvalue weighted by atomic mass is 10.00. The first kappa shape index (κ1) is 18.4. The maximum Gasteiger partial charge on any atom is 0.269 e. The fourth-order valence-electron chi connectivity index (χ4n) is 4.46. The van der Waals surface area contributed by atoms with E-state index in [0.29, 0.717) is 5.69 Å². The van der Waals surface area contributed by atoms with Gasteiger partial charge >= 0.3 is 0 Å². The average Bonchev–Trinajstić information content (AvgIpc) is 2.81. The molecule has 2 heterocycles. The van der Waals surface area contributed by atoms with Gasteiger partial charge in [0.15, 0.2) is 0 Å². The Morgan fingerprint density at radius 2 is 1.96 bits per heavy atom. The minimum absolute atomic E-state index is 0.0325. The predicted octanol–water partition coefficient (Wildman–Crippen LogP) is 3.29. The molecule has 1 N–H and O–H groups in total. The van der Waals surface area contributed by atoms with Gasteiger partial charge in [0.2, 0.25) is 0 Å². The van der Waals surface area contributed by atoms with E-state index in [1.807, 2.05) is 13.1 Å². The highest BCUT2D eigenvalue weighted by atomic mass is 16.2. The van der Waals surface area contributed by atoms with Crippen molar-refractivity contribution in [1.82, 2.24) is 20.0 Å². The van der Waals surface area contributed by atoms with Crippen molar-refractivity contribution in [3.8, 4) is 0 Å². The van der Waals surface area contributed by atoms with Crippen LogP contribution in [0.25, 0.3) is 0 Å². The van der Waals surface area contributed by atoms with Gasteiger partial charge in [-0.3, -0.25) is 14.4 Å². The number of nitrogens with zero attached hydrogens (tertiary/aromatic N) is 3. The summed E-state index contributed by atoms with van der Waals surface area (Å²) in [5, 5.41) is 7.73. The van der Waals surface area contributed by atoms with Crippen LogP contribution in [0.3, 0.4) is 0 Å². The molecule has 0 spiro atoms. The molecule has 1 atom stereocenters. The monoisotopic (exact) mass is 346 g/mol. The number of hydrogen-bond donors (Lipinski definition) is 1. The van der Waals surface area contributed by atoms with Gasteiger partial charge in [-0.2, -0.15) is 5.10 Å². The maximum absolute atomic E-state index is 12.7. The van der Waals surface area contributed by atoms with Crippen molar-refractivity contribution >= 4 is 5.91 Å². The summed E-state index contributed by atoms with van der Waals surface area (Å²) in [6, 6.07) is 2.95. The molecule has 0 bridgehead atoms. The van der Waals surface area contributed by atoms with E-state index < -0.39 is 0 Å². The molecular formula is C20H34N4O. The Labute approximate surface area is 152 Å². The zero-order chi connectivity index (χ0) is 17.6. The van der Waals surface area contributed by atoms with Gasteiger partial charge in [-0.1, -0.05) is 39.0 Å². The highest BCUT2D eigenvalue weighted by Crippen LogP contribution is 2.24. The molecule has 2 aliphatic rings. The molecule has 1 saturated carbocycles. The summed E-state index contributed by atoms with van der Waals surface area (Å²) < 4.78 is 1.73. The summed E-state index contributed by atoms with van der Waals surface area (Å²) in [6.07, 6.45) is 12.5. The molecule has 0 radical (unpaired) electrons. The van der Waals surface area contributed by atoms with Crippen molar-refractivity contribution in [2.24, 2.45) is 7.05 Å². The molecule has 5 heteroatoms. The molecule has 1 aromatic heterocycles. The molecular weight excluding hydrogens is 312 g/mol. The SMILES string of the molecule is CCCc1cc(C(=O)NC2CCCN(C3CCCCCC3)C2)n(C)n1. The molecule has 1 aliphatic carbocycles. The topological polar surface area (TPSA) is 50.2 Å². The Morgan fingerprint density at radius 1 is 1.20 bits per heavy atom. The number of likely N-dealkylation sites (tertiary alicyclic amines) is 1. The zero-order valence-corrected chi connectivity index (χ0v) is 16.0. The quantitative estimate of drug-likeness (QED) is 0.832. The summed E-state index contributed by atoms with van der Waals surface area (Å²) in [5.74, 6) is 0.0325. The minimum atomic E-state index is 0.0325. The molecule has 3 rings (SSSR count). The normalized spacial score (nSPS) is 23.4. The number of aromatic nitrogens is 2. The Morgan fingerprint density at radius 3 is 2.68 bits per heavy atom. The van der Waals surface area contributed by atoms with E-state index in [4.69, 9.17) is 0 Å². The molecule has 1 amide bonds. The number of amides is 1. The molecule has 140 valence electrons. The van der Waals surface area contributed by atoms with Crippen molar-refractivity contribution in [1.29, 1.82) is 0 Å². The number of rotatable bonds is 5. The Hall–Kier alpha value is -1.36. The van der Waals surface area contributed by atoms with Gasteiger partial charge < -0.3 is 5.32 Å². The summed E-state index contributed by atoms with van der Waals surface area (Å²) in [5.41, 5.74) is 1.70. The average molecular weight is 347 g/mol. The minimum Gasteiger partial charge on any atom is -0.347 e. The van der Waals surface area contributed by atoms with Crippen molar-refractivity contribution < 1.29 is 4.79 Å². The molecule has 25 heavy (non-hydrogen) atoms. The van der Waals surface area contributed by atoms with E-state index in [1.54, 1.807) is 4.68 Å². The fraction of sp³-hybridized carbons (Fsp3) is 0.800. The first-order valence-electron chi connectivity index (χ1n) is 10.2. The van der Waals surface area contributed by atoms with Crippen LogP contribution in [-0.2, 0) is 13.5 Å². The molecule has 2 fully saturated rings. The van der Waals surface area contributed by atoms with Gasteiger partial charge in [-0.15, -0.1) is 0 Å². The van der Waals surface area contributed by atoms with E-state index >= 15 is 0 Å². The van der Waals surface area contributed by atoms with Crippen LogP contribution in [0, 0.1) is 0 Å². The third-order valence-electron chi connectivity index (χ3n) is 5.80. The Balaban J connectivity index is 1.57. The molecule has 1 aromatic rings. The van der Waals surface area contributed by atoms with Crippen molar-refractivity contribution in [2.75, 3.05) is 13.1 Å². The fourth-order valence-corrected chi connectivity index (χ4v) is 4.46. The number of aryl methyl sites for hydroxylation is 2. The van der Waals surface area contributed by atoms with Crippen LogP contribution in [0.2, 0.25) is 0 Å². The molecule has 0 aromatic carbocycles. The van der Waals surface area contributed by atoms with Gasteiger partial charge in [-0.25, -0.2) is 0 Å². The molecule has 5 nitrogen and oxygen atoms in total. The van der Waals surface area contributed by atoms with Gasteiger partial charge in [0.1, 0.15) is 5.69 Å². The summed E-state index contributed by atoms with van der Waals surface area (Å²) in [4.78, 5) is 15.3. The van der Waals surface area contributed by atoms with Crippen LogP contribution in [0.1, 0.15) is 80.9 Å². The molecule has 1 aliphatic heterocycles. The second-order valence-corrected chi connectivity index (χ2v) is 7.85. The number of carbonyl (C=O) groups excluding carboxylic acids is 1. The lowest BCUT2D eigenvalue weighted by Crippen LogP contribution is -2.51. The van der Waals surface area contributed by atoms with Crippen molar-refractivity contribution in [2.45, 2.75) is 83.2 Å². The van der Waals surface area contributed by atoms with Crippen LogP contribution in [0.4, 0.5) is 0 Å². The predicted molar refractivity (Wildman–Crippen MR) is 101 cm³/mol. The van der Waals surface area contributed by atoms with Crippen LogP contribution in [0.15, 0.2) is 6.07 Å². The molecule has 1 unspecified atom stereocenters. The smallest absolute Gasteiger partial charge is 0.269 e. The van der Waals surface area contributed by atoms with E-state index in [9.17, 15) is 4.79 Å². The van der Waals surface area contributed by atoms with E-state index in [1.165, 1.54) is 51.5 Å². The summed E-state index contributed by atoms with van der Waals surface area (Å²) in [6.45, 7) is 4.35. The van der Waals surface area contributed by atoms with Crippen LogP contribution < -0.4 is 5.32 Å². The zero-order valence-electron chi connectivity index (χ0n) is 16.0. The number of nitrogens with one attached hydrogen (secondary N) is 1. The van der Waals surface area contributed by atoms with Gasteiger partial charge in [0.05, 0.1) is 5.69 Å². The van der Waals surface area contributed by atoms with E-state index in [2.05, 4.69) is 22.2 Å². The second kappa shape index (κ2) is 8.84. The molecule has 1 saturated heterocycles. The van der Waals surface area contributed by atoms with E-state index in [0.717, 1.165) is 37.5 Å². The first-order valence-corrected chi connectivity index (χ1v) is 10.2. The first-order chi connectivity index (χ1) is 12.2. The lowest BCUT2D eigenvalue weighted by Gasteiger charge is -2.38. The second-order valence-electron chi connectivity index (χ2n) is 7.85. The van der Waals surface area contributed by atoms with Crippen LogP contribution in [-0.4, -0.2) is 45.8 Å². The van der Waals surface area contributed by atoms with Gasteiger partial charge in [0.25, 0.3) is 5.91 Å². The maximum atomic E-state index is 12.7. The Bertz CT molecular complexity index is 560. The Kier molecular flexibility index (Phi) is 6.51. The standard InChI is InChI=1S/C20H34N4O/c1-3-9-16-14-19(23(2)22-16)20(25)21-17-10-8-13-24(15-17)18-11-6-4-5-7-12-18/h14,17-18H,3-13,15H2,1-2H3,(H,21,25). The summed E-state index contributed by atoms with van der Waals surface area (Å²) in [7, 11) is 1.87. The number of hydrogen-bond acceptors (Lipinski definition) is 3. The third kappa shape index (κ3) is 4.84.